The predicted octanol–water partition coefficient (Wildman–Crippen LogP) is 0.976. The number of benzene rings is 1. The van der Waals surface area contributed by atoms with Crippen molar-refractivity contribution in [2.75, 3.05) is 14.2 Å². The van der Waals surface area contributed by atoms with Crippen molar-refractivity contribution in [3.63, 3.8) is 0 Å². The van der Waals surface area contributed by atoms with Gasteiger partial charge in [-0.2, -0.15) is 0 Å². The fraction of sp³-hybridized carbons (Fsp3) is 0.385. The number of amides is 2. The van der Waals surface area contributed by atoms with E-state index in [2.05, 4.69) is 10.6 Å². The molecule has 0 aromatic heterocycles. The van der Waals surface area contributed by atoms with E-state index in [0.717, 1.165) is 5.56 Å². The Kier molecular flexibility index (Phi) is 5.64. The average Bonchev–Trinajstić information content (AvgIpc) is 2.44. The summed E-state index contributed by atoms with van der Waals surface area (Å²) < 4.78 is 10.3. The fourth-order valence-electron chi connectivity index (χ4n) is 1.48. The molecule has 0 heterocycles. The number of carboxylic acids is 1. The molecule has 0 saturated heterocycles. The van der Waals surface area contributed by atoms with Gasteiger partial charge in [-0.3, -0.25) is 4.79 Å². The van der Waals surface area contributed by atoms with Crippen LogP contribution in [0.3, 0.4) is 0 Å². The van der Waals surface area contributed by atoms with Gasteiger partial charge in [-0.05, 0) is 19.1 Å². The van der Waals surface area contributed by atoms with Crippen LogP contribution in [0, 0.1) is 0 Å². The molecule has 2 amide bonds. The number of aliphatic carboxylic acids is 1. The zero-order valence-corrected chi connectivity index (χ0v) is 11.6. The van der Waals surface area contributed by atoms with E-state index in [4.69, 9.17) is 14.6 Å². The molecule has 0 aliphatic rings. The van der Waals surface area contributed by atoms with E-state index in [-0.39, 0.29) is 6.54 Å². The van der Waals surface area contributed by atoms with Crippen LogP contribution in [0.2, 0.25) is 0 Å². The zero-order valence-electron chi connectivity index (χ0n) is 11.6. The number of carboxylic acid groups (broad SMARTS) is 1. The molecule has 0 aliphatic heterocycles. The number of carbonyl (C=O) groups is 2. The summed E-state index contributed by atoms with van der Waals surface area (Å²) in [7, 11) is 3.07. The van der Waals surface area contributed by atoms with Crippen LogP contribution in [0.15, 0.2) is 18.2 Å². The third-order valence-electron chi connectivity index (χ3n) is 2.65. The molecule has 1 aromatic rings. The number of hydrogen-bond acceptors (Lipinski definition) is 4. The van der Waals surface area contributed by atoms with Crippen molar-refractivity contribution in [3.8, 4) is 11.5 Å². The summed E-state index contributed by atoms with van der Waals surface area (Å²) in [6.45, 7) is 1.60. The van der Waals surface area contributed by atoms with Gasteiger partial charge in [0, 0.05) is 18.2 Å². The minimum Gasteiger partial charge on any atom is -0.497 e. The molecule has 0 spiro atoms. The molecule has 7 nitrogen and oxygen atoms in total. The Bertz CT molecular complexity index is 490. The Morgan fingerprint density at radius 3 is 2.55 bits per heavy atom. The van der Waals surface area contributed by atoms with E-state index in [1.54, 1.807) is 25.3 Å². The molecule has 20 heavy (non-hydrogen) atoms. The van der Waals surface area contributed by atoms with E-state index >= 15 is 0 Å². The third-order valence-corrected chi connectivity index (χ3v) is 2.65. The van der Waals surface area contributed by atoms with Crippen molar-refractivity contribution in [1.82, 2.24) is 10.6 Å². The van der Waals surface area contributed by atoms with Gasteiger partial charge in [-0.25, -0.2) is 4.79 Å². The average molecular weight is 282 g/mol. The Morgan fingerprint density at radius 2 is 2.00 bits per heavy atom. The number of carbonyl (C=O) groups excluding carboxylic acids is 1. The van der Waals surface area contributed by atoms with Gasteiger partial charge in [-0.15, -0.1) is 0 Å². The molecule has 0 fully saturated rings. The molecule has 0 saturated carbocycles. The van der Waals surface area contributed by atoms with E-state index in [1.807, 2.05) is 0 Å². The van der Waals surface area contributed by atoms with Crippen LogP contribution in [0.1, 0.15) is 12.5 Å². The van der Waals surface area contributed by atoms with Crippen molar-refractivity contribution >= 4 is 12.0 Å². The number of urea groups is 1. The third kappa shape index (κ3) is 4.34. The maximum absolute atomic E-state index is 11.5. The molecular formula is C13H18N2O5. The fourth-order valence-corrected chi connectivity index (χ4v) is 1.48. The summed E-state index contributed by atoms with van der Waals surface area (Å²) in [5.74, 6) is 0.132. The number of methoxy groups -OCH3 is 2. The summed E-state index contributed by atoms with van der Waals surface area (Å²) in [5, 5.41) is 13.5. The van der Waals surface area contributed by atoms with E-state index in [1.165, 1.54) is 14.0 Å². The first-order chi connectivity index (χ1) is 9.47. The minimum absolute atomic E-state index is 0.214. The lowest BCUT2D eigenvalue weighted by Gasteiger charge is -2.13. The van der Waals surface area contributed by atoms with Crippen molar-refractivity contribution < 1.29 is 24.2 Å². The lowest BCUT2D eigenvalue weighted by Crippen LogP contribution is -2.44. The van der Waals surface area contributed by atoms with Gasteiger partial charge >= 0.3 is 12.0 Å². The SMILES string of the molecule is COc1ccc(CNC(=O)N[C@@H](C)C(=O)O)c(OC)c1. The Morgan fingerprint density at radius 1 is 1.30 bits per heavy atom. The van der Waals surface area contributed by atoms with E-state index in [0.29, 0.717) is 11.5 Å². The van der Waals surface area contributed by atoms with Crippen LogP contribution in [0.25, 0.3) is 0 Å². The maximum Gasteiger partial charge on any atom is 0.325 e. The summed E-state index contributed by atoms with van der Waals surface area (Å²) in [4.78, 5) is 22.1. The van der Waals surface area contributed by atoms with Crippen LogP contribution in [-0.4, -0.2) is 37.4 Å². The summed E-state index contributed by atoms with van der Waals surface area (Å²) in [6.07, 6.45) is 0. The highest BCUT2D eigenvalue weighted by Gasteiger charge is 2.14. The van der Waals surface area contributed by atoms with Crippen molar-refractivity contribution in [2.45, 2.75) is 19.5 Å². The first kappa shape index (κ1) is 15.6. The smallest absolute Gasteiger partial charge is 0.325 e. The molecule has 0 unspecified atom stereocenters. The molecule has 0 bridgehead atoms. The highest BCUT2D eigenvalue weighted by molar-refractivity contribution is 5.82. The topological polar surface area (TPSA) is 96.9 Å². The Labute approximate surface area is 116 Å². The van der Waals surface area contributed by atoms with Crippen LogP contribution in [-0.2, 0) is 11.3 Å². The summed E-state index contributed by atoms with van der Waals surface area (Å²) in [5.41, 5.74) is 0.756. The first-order valence-electron chi connectivity index (χ1n) is 5.96. The van der Waals surface area contributed by atoms with Crippen molar-refractivity contribution in [1.29, 1.82) is 0 Å². The molecule has 1 atom stereocenters. The molecule has 0 radical (unpaired) electrons. The molecular weight excluding hydrogens is 264 g/mol. The quantitative estimate of drug-likeness (QED) is 0.722. The standard InChI is InChI=1S/C13H18N2O5/c1-8(12(16)17)15-13(18)14-7-9-4-5-10(19-2)6-11(9)20-3/h4-6,8H,7H2,1-3H3,(H,16,17)(H2,14,15,18)/t8-/m0/s1. The second-order valence-electron chi connectivity index (χ2n) is 4.06. The number of rotatable bonds is 6. The lowest BCUT2D eigenvalue weighted by atomic mass is 10.2. The Balaban J connectivity index is 2.61. The predicted molar refractivity (Wildman–Crippen MR) is 72.0 cm³/mol. The van der Waals surface area contributed by atoms with Crippen LogP contribution in [0.5, 0.6) is 11.5 Å². The van der Waals surface area contributed by atoms with Gasteiger partial charge in [0.15, 0.2) is 0 Å². The summed E-state index contributed by atoms with van der Waals surface area (Å²) >= 11 is 0. The van der Waals surface area contributed by atoms with Crippen molar-refractivity contribution in [2.24, 2.45) is 0 Å². The second-order valence-corrected chi connectivity index (χ2v) is 4.06. The lowest BCUT2D eigenvalue weighted by molar-refractivity contribution is -0.138. The molecule has 0 aliphatic carbocycles. The maximum atomic E-state index is 11.5. The normalized spacial score (nSPS) is 11.3. The summed E-state index contributed by atoms with van der Waals surface area (Å²) in [6, 6.07) is 3.70. The van der Waals surface area contributed by atoms with E-state index in [9.17, 15) is 9.59 Å². The van der Waals surface area contributed by atoms with Gasteiger partial charge in [0.05, 0.1) is 14.2 Å². The van der Waals surface area contributed by atoms with Crippen LogP contribution >= 0.6 is 0 Å². The Hall–Kier alpha value is -2.44. The monoisotopic (exact) mass is 282 g/mol. The minimum atomic E-state index is -1.10. The van der Waals surface area contributed by atoms with Gasteiger partial charge in [0.25, 0.3) is 0 Å². The number of ether oxygens (including phenoxy) is 2. The van der Waals surface area contributed by atoms with E-state index < -0.39 is 18.0 Å². The molecule has 1 rings (SSSR count). The number of hydrogen-bond donors (Lipinski definition) is 3. The largest absolute Gasteiger partial charge is 0.497 e. The molecule has 3 N–H and O–H groups in total. The highest BCUT2D eigenvalue weighted by atomic mass is 16.5. The van der Waals surface area contributed by atoms with Gasteiger partial charge < -0.3 is 25.2 Å². The van der Waals surface area contributed by atoms with Crippen molar-refractivity contribution in [3.05, 3.63) is 23.8 Å². The zero-order chi connectivity index (χ0) is 15.1. The van der Waals surface area contributed by atoms with Crippen LogP contribution < -0.4 is 20.1 Å². The van der Waals surface area contributed by atoms with Gasteiger partial charge in [0.2, 0.25) is 0 Å². The highest BCUT2D eigenvalue weighted by Crippen LogP contribution is 2.24. The molecule has 1 aromatic carbocycles. The molecule has 110 valence electrons. The van der Waals surface area contributed by atoms with Gasteiger partial charge in [-0.1, -0.05) is 0 Å². The second kappa shape index (κ2) is 7.22. The first-order valence-corrected chi connectivity index (χ1v) is 5.96. The van der Waals surface area contributed by atoms with Crippen LogP contribution in [0.4, 0.5) is 4.79 Å². The van der Waals surface area contributed by atoms with Gasteiger partial charge in [0.1, 0.15) is 17.5 Å². The number of nitrogens with one attached hydrogen (secondary N) is 2. The molecule has 7 heteroatoms.